The second kappa shape index (κ2) is 12.6. The summed E-state index contributed by atoms with van der Waals surface area (Å²) in [5, 5.41) is 11.2. The minimum absolute atomic E-state index is 0.103. The molecule has 1 heterocycles. The molecule has 1 N–H and O–H groups in total. The number of benzene rings is 4. The number of anilines is 1. The van der Waals surface area contributed by atoms with Gasteiger partial charge in [0.25, 0.3) is 0 Å². The van der Waals surface area contributed by atoms with E-state index >= 15 is 9.59 Å². The highest BCUT2D eigenvalue weighted by Gasteiger charge is 2.66. The van der Waals surface area contributed by atoms with Crippen LogP contribution in [-0.2, 0) is 24.6 Å². The van der Waals surface area contributed by atoms with E-state index in [-0.39, 0.29) is 53.5 Å². The van der Waals surface area contributed by atoms with Crippen molar-refractivity contribution in [1.29, 1.82) is 0 Å². The number of aryl methyl sites for hydroxylation is 1. The van der Waals surface area contributed by atoms with Gasteiger partial charge in [-0.05, 0) is 60.6 Å². The van der Waals surface area contributed by atoms with Gasteiger partial charge in [0.2, 0.25) is 11.8 Å². The van der Waals surface area contributed by atoms with Crippen molar-refractivity contribution in [2.45, 2.75) is 31.1 Å². The number of rotatable bonds is 6. The Bertz CT molecular complexity index is 2200. The van der Waals surface area contributed by atoms with Gasteiger partial charge in [-0.15, -0.1) is 0 Å². The van der Waals surface area contributed by atoms with Crippen LogP contribution in [0.4, 0.5) is 5.69 Å². The van der Waals surface area contributed by atoms with Crippen LogP contribution in [-0.4, -0.2) is 42.7 Å². The zero-order valence-electron chi connectivity index (χ0n) is 28.8. The lowest BCUT2D eigenvalue weighted by atomic mass is 9.44. The van der Waals surface area contributed by atoms with Crippen molar-refractivity contribution in [3.05, 3.63) is 136 Å². The Kier molecular flexibility index (Phi) is 8.18. The molecule has 1 saturated heterocycles. The molecular weight excluding hydrogens is 678 g/mol. The highest BCUT2D eigenvalue weighted by molar-refractivity contribution is 6.33. The molecule has 3 aliphatic carbocycles. The van der Waals surface area contributed by atoms with Crippen LogP contribution in [0.5, 0.6) is 17.2 Å². The molecule has 0 radical (unpaired) electrons. The third-order valence-corrected chi connectivity index (χ3v) is 12.0. The Hall–Kier alpha value is -5.47. The lowest BCUT2D eigenvalue weighted by molar-refractivity contribution is -0.135. The number of imide groups is 1. The van der Waals surface area contributed by atoms with Crippen LogP contribution in [0.1, 0.15) is 41.0 Å². The van der Waals surface area contributed by atoms with Crippen molar-refractivity contribution in [3.8, 4) is 17.2 Å². The monoisotopic (exact) mass is 713 g/mol. The van der Waals surface area contributed by atoms with Crippen molar-refractivity contribution in [2.24, 2.45) is 23.7 Å². The minimum atomic E-state index is -1.49. The summed E-state index contributed by atoms with van der Waals surface area (Å²) >= 11 is 6.47. The summed E-state index contributed by atoms with van der Waals surface area (Å²) in [6.45, 7) is 1.85. The van der Waals surface area contributed by atoms with Gasteiger partial charge in [0.05, 0.1) is 37.2 Å². The molecule has 2 amide bonds. The summed E-state index contributed by atoms with van der Waals surface area (Å²) in [7, 11) is 2.95. The Labute approximate surface area is 306 Å². The van der Waals surface area contributed by atoms with Crippen LogP contribution < -0.4 is 14.4 Å². The van der Waals surface area contributed by atoms with E-state index in [1.165, 1.54) is 37.3 Å². The molecule has 0 spiro atoms. The number of phenolic OH excluding ortho intramolecular Hbond substituents is 1. The topological polar surface area (TPSA) is 110 Å². The molecule has 4 aliphatic rings. The fraction of sp³-hybridized carbons (Fsp3) is 0.256. The van der Waals surface area contributed by atoms with Gasteiger partial charge in [-0.3, -0.25) is 19.2 Å². The zero-order valence-corrected chi connectivity index (χ0v) is 29.6. The minimum Gasteiger partial charge on any atom is -0.508 e. The van der Waals surface area contributed by atoms with E-state index in [0.29, 0.717) is 33.0 Å². The Morgan fingerprint density at radius 3 is 2.12 bits per heavy atom. The SMILES string of the molecule is COc1cc(O)cc(OC)c1C1C2=CCC3C(=O)N(c4ccc(C)c(Cl)c4)C(=O)C3C2CC2C(=O)C(c3ccccc3)=CC(=O)C21c1ccccc1. The number of hydrogen-bond donors (Lipinski definition) is 1. The summed E-state index contributed by atoms with van der Waals surface area (Å²) in [6, 6.07) is 26.5. The predicted octanol–water partition coefficient (Wildman–Crippen LogP) is 7.40. The number of halogens is 1. The predicted molar refractivity (Wildman–Crippen MR) is 196 cm³/mol. The lowest BCUT2D eigenvalue weighted by Gasteiger charge is -2.55. The molecule has 8 nitrogen and oxygen atoms in total. The molecule has 52 heavy (non-hydrogen) atoms. The van der Waals surface area contributed by atoms with Crippen LogP contribution in [0.3, 0.4) is 0 Å². The highest BCUT2D eigenvalue weighted by Crippen LogP contribution is 2.65. The summed E-state index contributed by atoms with van der Waals surface area (Å²) in [5.41, 5.74) is 2.51. The van der Waals surface area contributed by atoms with Gasteiger partial charge in [-0.2, -0.15) is 0 Å². The molecule has 1 saturated carbocycles. The van der Waals surface area contributed by atoms with E-state index in [2.05, 4.69) is 0 Å². The van der Waals surface area contributed by atoms with E-state index in [0.717, 1.165) is 11.1 Å². The number of carbonyl (C=O) groups is 4. The normalized spacial score (nSPS) is 26.6. The largest absolute Gasteiger partial charge is 0.508 e. The van der Waals surface area contributed by atoms with Crippen molar-refractivity contribution in [2.75, 3.05) is 19.1 Å². The molecule has 0 aromatic heterocycles. The first-order valence-corrected chi connectivity index (χ1v) is 17.7. The molecule has 9 heteroatoms. The maximum Gasteiger partial charge on any atom is 0.238 e. The zero-order chi connectivity index (χ0) is 36.5. The van der Waals surface area contributed by atoms with Crippen molar-refractivity contribution in [1.82, 2.24) is 0 Å². The Morgan fingerprint density at radius 2 is 1.48 bits per heavy atom. The van der Waals surface area contributed by atoms with Crippen molar-refractivity contribution in [3.63, 3.8) is 0 Å². The number of methoxy groups -OCH3 is 2. The van der Waals surface area contributed by atoms with Gasteiger partial charge in [0.1, 0.15) is 17.2 Å². The average Bonchev–Trinajstić information content (AvgIpc) is 3.42. The summed E-state index contributed by atoms with van der Waals surface area (Å²) in [4.78, 5) is 60.6. The number of allylic oxidation sites excluding steroid dienone is 4. The first-order chi connectivity index (χ1) is 25.1. The molecule has 4 aromatic rings. The maximum atomic E-state index is 15.3. The second-order valence-electron chi connectivity index (χ2n) is 14.0. The van der Waals surface area contributed by atoms with E-state index < -0.39 is 35.0 Å². The Balaban J connectivity index is 1.40. The molecule has 2 fully saturated rings. The molecular formula is C43H36ClNO7. The molecule has 6 atom stereocenters. The van der Waals surface area contributed by atoms with Crippen LogP contribution in [0.2, 0.25) is 5.02 Å². The van der Waals surface area contributed by atoms with Gasteiger partial charge < -0.3 is 14.6 Å². The van der Waals surface area contributed by atoms with E-state index in [1.54, 1.807) is 18.2 Å². The van der Waals surface area contributed by atoms with E-state index in [4.69, 9.17) is 21.1 Å². The van der Waals surface area contributed by atoms with Gasteiger partial charge in [0.15, 0.2) is 11.6 Å². The number of fused-ring (bicyclic) bond motifs is 4. The quantitative estimate of drug-likeness (QED) is 0.164. The van der Waals surface area contributed by atoms with Gasteiger partial charge in [-0.25, -0.2) is 4.90 Å². The van der Waals surface area contributed by atoms with Gasteiger partial charge in [-0.1, -0.05) is 90.0 Å². The number of carbonyl (C=O) groups excluding carboxylic acids is 4. The molecule has 1 aliphatic heterocycles. The van der Waals surface area contributed by atoms with Crippen LogP contribution in [0.15, 0.2) is 109 Å². The van der Waals surface area contributed by atoms with Gasteiger partial charge >= 0.3 is 0 Å². The fourth-order valence-electron chi connectivity index (χ4n) is 9.37. The molecule has 0 bridgehead atoms. The summed E-state index contributed by atoms with van der Waals surface area (Å²) in [5.74, 6) is -4.63. The number of Topliss-reactive ketones (excluding diaryl/α,β-unsaturated/α-hetero) is 1. The van der Waals surface area contributed by atoms with Crippen molar-refractivity contribution >= 4 is 46.2 Å². The van der Waals surface area contributed by atoms with Crippen LogP contribution in [0, 0.1) is 30.6 Å². The first kappa shape index (κ1) is 33.7. The lowest BCUT2D eigenvalue weighted by Crippen LogP contribution is -2.59. The third kappa shape index (κ3) is 4.80. The van der Waals surface area contributed by atoms with Crippen molar-refractivity contribution < 1.29 is 33.8 Å². The second-order valence-corrected chi connectivity index (χ2v) is 14.4. The smallest absolute Gasteiger partial charge is 0.238 e. The summed E-state index contributed by atoms with van der Waals surface area (Å²) < 4.78 is 11.8. The first-order valence-electron chi connectivity index (χ1n) is 17.3. The third-order valence-electron chi connectivity index (χ3n) is 11.6. The maximum absolute atomic E-state index is 15.3. The van der Waals surface area contributed by atoms with Crippen LogP contribution >= 0.6 is 11.6 Å². The number of amides is 2. The number of ketones is 2. The van der Waals surface area contributed by atoms with E-state index in [1.807, 2.05) is 73.7 Å². The Morgan fingerprint density at radius 1 is 0.827 bits per heavy atom. The number of aromatic hydroxyl groups is 1. The number of hydrogen-bond acceptors (Lipinski definition) is 7. The van der Waals surface area contributed by atoms with E-state index in [9.17, 15) is 14.7 Å². The molecule has 262 valence electrons. The van der Waals surface area contributed by atoms with Gasteiger partial charge in [0, 0.05) is 40.1 Å². The summed E-state index contributed by atoms with van der Waals surface area (Å²) in [6.07, 6.45) is 3.85. The fourth-order valence-corrected chi connectivity index (χ4v) is 9.55. The molecule has 6 unspecified atom stereocenters. The highest BCUT2D eigenvalue weighted by atomic mass is 35.5. The standard InChI is InChI=1S/C43H36ClNO7/c1-23-14-15-26(18-33(23)44)45-41(49)29-17-16-28-31(37(29)42(45)50)21-32-40(48)30(24-10-6-4-7-11-24)22-36(47)43(32,25-12-8-5-9-13-25)39(28)38-34(51-2)19-27(46)20-35(38)52-3/h4-16,18-20,22,29,31-32,37,39,46H,17,21H2,1-3H3. The molecule has 4 aromatic carbocycles. The van der Waals surface area contributed by atoms with Crippen LogP contribution in [0.25, 0.3) is 5.57 Å². The average molecular weight is 714 g/mol. The number of ether oxygens (including phenoxy) is 2. The number of phenols is 1. The number of nitrogens with zero attached hydrogens (tertiary/aromatic N) is 1. The molecule has 8 rings (SSSR count).